The van der Waals surface area contributed by atoms with Gasteiger partial charge >= 0.3 is 5.97 Å². The van der Waals surface area contributed by atoms with Gasteiger partial charge in [-0.3, -0.25) is 4.79 Å². The van der Waals surface area contributed by atoms with Crippen molar-refractivity contribution in [2.75, 3.05) is 13.2 Å². The molecule has 0 spiro atoms. The van der Waals surface area contributed by atoms with E-state index in [1.165, 1.54) is 6.92 Å². The SMILES string of the molecule is CC(=O)OCC#CCO. The molecule has 0 heterocycles. The van der Waals surface area contributed by atoms with E-state index in [2.05, 4.69) is 16.6 Å². The lowest BCUT2D eigenvalue weighted by Crippen LogP contribution is -1.97. The molecule has 0 radical (unpaired) electrons. The van der Waals surface area contributed by atoms with E-state index in [0.29, 0.717) is 0 Å². The maximum atomic E-state index is 10.1. The molecule has 0 aromatic heterocycles. The first-order valence-corrected chi connectivity index (χ1v) is 2.47. The number of rotatable bonds is 1. The van der Waals surface area contributed by atoms with Crippen LogP contribution in [0.15, 0.2) is 0 Å². The summed E-state index contributed by atoms with van der Waals surface area (Å²) in [7, 11) is 0. The van der Waals surface area contributed by atoms with Gasteiger partial charge in [-0.2, -0.15) is 0 Å². The highest BCUT2D eigenvalue weighted by atomic mass is 16.5. The first-order valence-electron chi connectivity index (χ1n) is 2.47. The largest absolute Gasteiger partial charge is 0.453 e. The molecule has 9 heavy (non-hydrogen) atoms. The first-order chi connectivity index (χ1) is 4.27. The quantitative estimate of drug-likeness (QED) is 0.384. The Bertz CT molecular complexity index is 140. The second-order valence-corrected chi connectivity index (χ2v) is 1.29. The van der Waals surface area contributed by atoms with E-state index in [0.717, 1.165) is 0 Å². The van der Waals surface area contributed by atoms with Crippen LogP contribution >= 0.6 is 0 Å². The molecule has 0 saturated heterocycles. The molecule has 0 aliphatic carbocycles. The Balaban J connectivity index is 3.19. The van der Waals surface area contributed by atoms with Gasteiger partial charge in [-0.1, -0.05) is 11.8 Å². The van der Waals surface area contributed by atoms with E-state index in [4.69, 9.17) is 5.11 Å². The Morgan fingerprint density at radius 1 is 1.67 bits per heavy atom. The molecule has 0 aromatic carbocycles. The lowest BCUT2D eigenvalue weighted by Gasteiger charge is -1.90. The number of carbonyl (C=O) groups is 1. The van der Waals surface area contributed by atoms with Gasteiger partial charge in [0, 0.05) is 6.92 Å². The highest BCUT2D eigenvalue weighted by molar-refractivity contribution is 5.66. The zero-order valence-electron chi connectivity index (χ0n) is 5.18. The Morgan fingerprint density at radius 2 is 2.33 bits per heavy atom. The van der Waals surface area contributed by atoms with E-state index in [-0.39, 0.29) is 19.2 Å². The van der Waals surface area contributed by atoms with Gasteiger partial charge in [-0.05, 0) is 0 Å². The third-order valence-electron chi connectivity index (χ3n) is 0.552. The van der Waals surface area contributed by atoms with Gasteiger partial charge in [0.2, 0.25) is 0 Å². The Morgan fingerprint density at radius 3 is 2.78 bits per heavy atom. The number of aliphatic hydroxyl groups excluding tert-OH is 1. The van der Waals surface area contributed by atoms with Crippen molar-refractivity contribution in [2.24, 2.45) is 0 Å². The maximum Gasteiger partial charge on any atom is 0.303 e. The smallest absolute Gasteiger partial charge is 0.303 e. The molecule has 0 bridgehead atoms. The molecule has 0 aliphatic rings. The molecule has 3 heteroatoms. The highest BCUT2D eigenvalue weighted by Crippen LogP contribution is 1.71. The molecule has 0 unspecified atom stereocenters. The van der Waals surface area contributed by atoms with Crippen LogP contribution in [0.1, 0.15) is 6.92 Å². The maximum absolute atomic E-state index is 10.1. The average Bonchev–Trinajstić information content (AvgIpc) is 1.80. The van der Waals surface area contributed by atoms with Crippen LogP contribution in [0.2, 0.25) is 0 Å². The second-order valence-electron chi connectivity index (χ2n) is 1.29. The van der Waals surface area contributed by atoms with E-state index in [1.807, 2.05) is 0 Å². The van der Waals surface area contributed by atoms with Crippen LogP contribution in [-0.4, -0.2) is 24.3 Å². The molecule has 1 N–H and O–H groups in total. The van der Waals surface area contributed by atoms with E-state index in [1.54, 1.807) is 0 Å². The van der Waals surface area contributed by atoms with E-state index < -0.39 is 0 Å². The van der Waals surface area contributed by atoms with Crippen molar-refractivity contribution in [3.05, 3.63) is 0 Å². The van der Waals surface area contributed by atoms with Crippen LogP contribution in [0.5, 0.6) is 0 Å². The number of carbonyl (C=O) groups excluding carboxylic acids is 1. The highest BCUT2D eigenvalue weighted by Gasteiger charge is 1.84. The molecule has 3 nitrogen and oxygen atoms in total. The molecule has 0 amide bonds. The number of esters is 1. The van der Waals surface area contributed by atoms with Crippen molar-refractivity contribution in [1.29, 1.82) is 0 Å². The predicted molar refractivity (Wildman–Crippen MR) is 31.5 cm³/mol. The molecule has 0 fully saturated rings. The van der Waals surface area contributed by atoms with E-state index >= 15 is 0 Å². The third kappa shape index (κ3) is 6.99. The standard InChI is InChI=1S/C6H8O3/c1-6(8)9-5-3-2-4-7/h7H,4-5H2,1H3. The van der Waals surface area contributed by atoms with Crippen molar-refractivity contribution in [2.45, 2.75) is 6.92 Å². The van der Waals surface area contributed by atoms with Crippen LogP contribution in [0, 0.1) is 11.8 Å². The van der Waals surface area contributed by atoms with Gasteiger partial charge in [0.15, 0.2) is 6.61 Å². The van der Waals surface area contributed by atoms with Crippen LogP contribution in [0.3, 0.4) is 0 Å². The van der Waals surface area contributed by atoms with Crippen molar-refractivity contribution in [3.63, 3.8) is 0 Å². The van der Waals surface area contributed by atoms with Crippen molar-refractivity contribution >= 4 is 5.97 Å². The molecular formula is C6H8O3. The summed E-state index contributed by atoms with van der Waals surface area (Å²) < 4.78 is 4.42. The third-order valence-corrected chi connectivity index (χ3v) is 0.552. The minimum atomic E-state index is -0.359. The average molecular weight is 128 g/mol. The van der Waals surface area contributed by atoms with Crippen LogP contribution < -0.4 is 0 Å². The number of hydrogen-bond donors (Lipinski definition) is 1. The molecule has 50 valence electrons. The van der Waals surface area contributed by atoms with Crippen LogP contribution in [0.25, 0.3) is 0 Å². The topological polar surface area (TPSA) is 46.5 Å². The van der Waals surface area contributed by atoms with Crippen LogP contribution in [0.4, 0.5) is 0 Å². The van der Waals surface area contributed by atoms with Crippen LogP contribution in [-0.2, 0) is 9.53 Å². The summed E-state index contributed by atoms with van der Waals surface area (Å²) in [6, 6.07) is 0. The van der Waals surface area contributed by atoms with E-state index in [9.17, 15) is 4.79 Å². The molecular weight excluding hydrogens is 120 g/mol. The Labute approximate surface area is 53.6 Å². The summed E-state index contributed by atoms with van der Waals surface area (Å²) in [5.41, 5.74) is 0. The number of ether oxygens (including phenoxy) is 1. The normalized spacial score (nSPS) is 7.33. The van der Waals surface area contributed by atoms with Crippen molar-refractivity contribution < 1.29 is 14.6 Å². The van der Waals surface area contributed by atoms with Gasteiger partial charge < -0.3 is 9.84 Å². The summed E-state index contributed by atoms with van der Waals surface area (Å²) in [5.74, 6) is 4.40. The summed E-state index contributed by atoms with van der Waals surface area (Å²) in [4.78, 5) is 10.1. The first kappa shape index (κ1) is 7.99. The monoisotopic (exact) mass is 128 g/mol. The van der Waals surface area contributed by atoms with Crippen molar-refractivity contribution in [3.8, 4) is 11.8 Å². The molecule has 0 aliphatic heterocycles. The number of hydrogen-bond acceptors (Lipinski definition) is 3. The van der Waals surface area contributed by atoms with Gasteiger partial charge in [-0.25, -0.2) is 0 Å². The zero-order chi connectivity index (χ0) is 7.11. The predicted octanol–water partition coefficient (Wildman–Crippen LogP) is -0.455. The molecule has 0 aromatic rings. The second kappa shape index (κ2) is 5.13. The van der Waals surface area contributed by atoms with Gasteiger partial charge in [-0.15, -0.1) is 0 Å². The molecule has 0 rings (SSSR count). The van der Waals surface area contributed by atoms with Gasteiger partial charge in [0.05, 0.1) is 0 Å². The fraction of sp³-hybridized carbons (Fsp3) is 0.500. The zero-order valence-corrected chi connectivity index (χ0v) is 5.18. The summed E-state index contributed by atoms with van der Waals surface area (Å²) in [6.07, 6.45) is 0. The van der Waals surface area contributed by atoms with Crippen molar-refractivity contribution in [1.82, 2.24) is 0 Å². The number of aliphatic hydroxyl groups is 1. The van der Waals surface area contributed by atoms with Gasteiger partial charge in [0.1, 0.15) is 6.61 Å². The lowest BCUT2D eigenvalue weighted by atomic mass is 10.6. The summed E-state index contributed by atoms with van der Waals surface area (Å²) in [5, 5.41) is 8.12. The van der Waals surface area contributed by atoms with Gasteiger partial charge in [0.25, 0.3) is 0 Å². The molecule has 0 saturated carbocycles. The minimum Gasteiger partial charge on any atom is -0.453 e. The fourth-order valence-electron chi connectivity index (χ4n) is 0.245. The Kier molecular flexibility index (Phi) is 4.56. The Hall–Kier alpha value is -1.01. The summed E-state index contributed by atoms with van der Waals surface area (Å²) in [6.45, 7) is 1.18. The lowest BCUT2D eigenvalue weighted by molar-refractivity contribution is -0.139. The molecule has 0 atom stereocenters. The minimum absolute atomic E-state index is 0.0654. The fourth-order valence-corrected chi connectivity index (χ4v) is 0.245. The summed E-state index contributed by atoms with van der Waals surface area (Å²) >= 11 is 0.